The van der Waals surface area contributed by atoms with Crippen LogP contribution >= 0.6 is 34.8 Å². The molecule has 12 heteroatoms. The fourth-order valence-corrected chi connectivity index (χ4v) is 4.95. The van der Waals surface area contributed by atoms with Gasteiger partial charge in [0.15, 0.2) is 6.61 Å². The monoisotopic (exact) mass is 506 g/mol. The molecule has 166 valence electrons. The van der Waals surface area contributed by atoms with Gasteiger partial charge < -0.3 is 14.8 Å². The summed E-state index contributed by atoms with van der Waals surface area (Å²) >= 11 is 17.7. The molecule has 1 N–H and O–H groups in total. The standard InChI is InChI=1S/C19H17Cl3N2O6S/c20-14-3-1-12(9-16(14)22)19(26)30-11-18(25)23-13-2-4-15(21)17(10-13)31(27,28)24-5-7-29-8-6-24/h1-4,9-10H,5-8,11H2,(H,23,25). The molecule has 0 saturated carbocycles. The van der Waals surface area contributed by atoms with E-state index in [1.165, 1.54) is 40.7 Å². The van der Waals surface area contributed by atoms with Gasteiger partial charge in [0.25, 0.3) is 5.91 Å². The van der Waals surface area contributed by atoms with Gasteiger partial charge in [-0.1, -0.05) is 34.8 Å². The van der Waals surface area contributed by atoms with Crippen LogP contribution in [0.4, 0.5) is 5.69 Å². The average molecular weight is 508 g/mol. The van der Waals surface area contributed by atoms with E-state index in [4.69, 9.17) is 44.3 Å². The van der Waals surface area contributed by atoms with Gasteiger partial charge in [-0.3, -0.25) is 4.79 Å². The summed E-state index contributed by atoms with van der Waals surface area (Å²) in [7, 11) is -3.86. The molecule has 2 aromatic carbocycles. The molecule has 1 saturated heterocycles. The van der Waals surface area contributed by atoms with Crippen LogP contribution in [0, 0.1) is 0 Å². The summed E-state index contributed by atoms with van der Waals surface area (Å²) in [6.07, 6.45) is 0. The fraction of sp³-hybridized carbons (Fsp3) is 0.263. The highest BCUT2D eigenvalue weighted by Crippen LogP contribution is 2.28. The van der Waals surface area contributed by atoms with Gasteiger partial charge in [0.05, 0.1) is 33.8 Å². The summed E-state index contributed by atoms with van der Waals surface area (Å²) < 4.78 is 37.1. The second kappa shape index (κ2) is 10.2. The Morgan fingerprint density at radius 3 is 2.35 bits per heavy atom. The summed E-state index contributed by atoms with van der Waals surface area (Å²) in [5.74, 6) is -1.43. The van der Waals surface area contributed by atoms with Crippen LogP contribution in [-0.2, 0) is 24.3 Å². The molecular formula is C19H17Cl3N2O6S. The number of amides is 1. The molecule has 0 atom stereocenters. The molecule has 0 unspecified atom stereocenters. The van der Waals surface area contributed by atoms with Crippen LogP contribution in [-0.4, -0.2) is 57.5 Å². The minimum absolute atomic E-state index is 0.0236. The SMILES string of the molecule is O=C(COC(=O)c1ccc(Cl)c(Cl)c1)Nc1ccc(Cl)c(S(=O)(=O)N2CCOCC2)c1. The molecule has 0 bridgehead atoms. The number of anilines is 1. The summed E-state index contributed by atoms with van der Waals surface area (Å²) in [5, 5.41) is 2.96. The number of rotatable bonds is 6. The molecule has 1 aliphatic heterocycles. The second-order valence-electron chi connectivity index (χ2n) is 6.41. The first-order chi connectivity index (χ1) is 14.7. The van der Waals surface area contributed by atoms with Gasteiger partial charge in [-0.05, 0) is 36.4 Å². The molecule has 1 fully saturated rings. The molecule has 1 heterocycles. The zero-order chi connectivity index (χ0) is 22.6. The second-order valence-corrected chi connectivity index (χ2v) is 9.54. The van der Waals surface area contributed by atoms with Crippen molar-refractivity contribution >= 4 is 62.4 Å². The first-order valence-electron chi connectivity index (χ1n) is 8.98. The Balaban J connectivity index is 1.65. The van der Waals surface area contributed by atoms with E-state index in [9.17, 15) is 18.0 Å². The van der Waals surface area contributed by atoms with Crippen LogP contribution in [0.1, 0.15) is 10.4 Å². The third-order valence-electron chi connectivity index (χ3n) is 4.29. The van der Waals surface area contributed by atoms with Crippen LogP contribution in [0.15, 0.2) is 41.3 Å². The van der Waals surface area contributed by atoms with Gasteiger partial charge in [-0.25, -0.2) is 13.2 Å². The van der Waals surface area contributed by atoms with Crippen molar-refractivity contribution in [3.05, 3.63) is 57.0 Å². The summed E-state index contributed by atoms with van der Waals surface area (Å²) in [6.45, 7) is 0.405. The van der Waals surface area contributed by atoms with Gasteiger partial charge in [0, 0.05) is 18.8 Å². The van der Waals surface area contributed by atoms with E-state index in [-0.39, 0.29) is 57.5 Å². The Kier molecular flexibility index (Phi) is 7.79. The van der Waals surface area contributed by atoms with Crippen LogP contribution in [0.25, 0.3) is 0 Å². The first-order valence-corrected chi connectivity index (χ1v) is 11.6. The predicted molar refractivity (Wildman–Crippen MR) is 116 cm³/mol. The van der Waals surface area contributed by atoms with Gasteiger partial charge in [-0.2, -0.15) is 4.31 Å². The molecule has 3 rings (SSSR count). The molecule has 31 heavy (non-hydrogen) atoms. The normalized spacial score (nSPS) is 14.8. The number of ether oxygens (including phenoxy) is 2. The van der Waals surface area contributed by atoms with Crippen molar-refractivity contribution in [2.24, 2.45) is 0 Å². The van der Waals surface area contributed by atoms with Crippen LogP contribution in [0.5, 0.6) is 0 Å². The highest BCUT2D eigenvalue weighted by Gasteiger charge is 2.28. The molecule has 0 aromatic heterocycles. The van der Waals surface area contributed by atoms with E-state index in [2.05, 4.69) is 5.32 Å². The van der Waals surface area contributed by atoms with Gasteiger partial charge in [0.1, 0.15) is 4.90 Å². The maximum absolute atomic E-state index is 12.9. The van der Waals surface area contributed by atoms with Gasteiger partial charge in [-0.15, -0.1) is 0 Å². The van der Waals surface area contributed by atoms with Crippen molar-refractivity contribution in [3.8, 4) is 0 Å². The van der Waals surface area contributed by atoms with E-state index in [0.717, 1.165) is 0 Å². The number of carbonyl (C=O) groups is 2. The Morgan fingerprint density at radius 2 is 1.68 bits per heavy atom. The largest absolute Gasteiger partial charge is 0.452 e. The van der Waals surface area contributed by atoms with E-state index in [1.807, 2.05) is 0 Å². The van der Waals surface area contributed by atoms with E-state index < -0.39 is 28.5 Å². The quantitative estimate of drug-likeness (QED) is 0.601. The number of esters is 1. The molecule has 0 spiro atoms. The molecule has 2 aromatic rings. The molecule has 8 nitrogen and oxygen atoms in total. The summed E-state index contributed by atoms with van der Waals surface area (Å²) in [5.41, 5.74) is 0.319. The van der Waals surface area contributed by atoms with Crippen molar-refractivity contribution in [2.45, 2.75) is 4.90 Å². The topological polar surface area (TPSA) is 102 Å². The number of nitrogens with zero attached hydrogens (tertiary/aromatic N) is 1. The number of sulfonamides is 1. The number of benzene rings is 2. The van der Waals surface area contributed by atoms with Crippen molar-refractivity contribution in [1.29, 1.82) is 0 Å². The molecule has 1 aliphatic rings. The Bertz CT molecular complexity index is 1100. The Hall–Kier alpha value is -1.88. The minimum atomic E-state index is -3.86. The third kappa shape index (κ3) is 5.88. The first kappa shape index (κ1) is 23.8. The predicted octanol–water partition coefficient (Wildman–Crippen LogP) is 3.46. The Morgan fingerprint density at radius 1 is 1.00 bits per heavy atom. The molecular weight excluding hydrogens is 491 g/mol. The third-order valence-corrected chi connectivity index (χ3v) is 7.41. The number of nitrogens with one attached hydrogen (secondary N) is 1. The number of morpholine rings is 1. The van der Waals surface area contributed by atoms with Crippen molar-refractivity contribution < 1.29 is 27.5 Å². The zero-order valence-corrected chi connectivity index (χ0v) is 19.0. The van der Waals surface area contributed by atoms with Crippen molar-refractivity contribution in [3.63, 3.8) is 0 Å². The minimum Gasteiger partial charge on any atom is -0.452 e. The van der Waals surface area contributed by atoms with Crippen LogP contribution in [0.3, 0.4) is 0 Å². The fourth-order valence-electron chi connectivity index (χ4n) is 2.74. The molecule has 1 amide bonds. The lowest BCUT2D eigenvalue weighted by Gasteiger charge is -2.26. The van der Waals surface area contributed by atoms with E-state index in [0.29, 0.717) is 0 Å². The van der Waals surface area contributed by atoms with Crippen LogP contribution in [0.2, 0.25) is 15.1 Å². The number of hydrogen-bond acceptors (Lipinski definition) is 6. The molecule has 0 aliphatic carbocycles. The highest BCUT2D eigenvalue weighted by molar-refractivity contribution is 7.89. The zero-order valence-electron chi connectivity index (χ0n) is 15.9. The van der Waals surface area contributed by atoms with Crippen LogP contribution < -0.4 is 5.32 Å². The lowest BCUT2D eigenvalue weighted by Crippen LogP contribution is -2.40. The summed E-state index contributed by atoms with van der Waals surface area (Å²) in [4.78, 5) is 24.1. The maximum atomic E-state index is 12.9. The smallest absolute Gasteiger partial charge is 0.338 e. The number of halogens is 3. The molecule has 0 radical (unpaired) electrons. The van der Waals surface area contributed by atoms with Gasteiger partial charge in [0.2, 0.25) is 10.0 Å². The highest BCUT2D eigenvalue weighted by atomic mass is 35.5. The Labute approximate surface area is 194 Å². The van der Waals surface area contributed by atoms with E-state index in [1.54, 1.807) is 0 Å². The maximum Gasteiger partial charge on any atom is 0.338 e. The average Bonchev–Trinajstić information content (AvgIpc) is 2.75. The number of carbonyl (C=O) groups excluding carboxylic acids is 2. The van der Waals surface area contributed by atoms with E-state index >= 15 is 0 Å². The lowest BCUT2D eigenvalue weighted by molar-refractivity contribution is -0.119. The lowest BCUT2D eigenvalue weighted by atomic mass is 10.2. The number of hydrogen-bond donors (Lipinski definition) is 1. The van der Waals surface area contributed by atoms with Gasteiger partial charge >= 0.3 is 5.97 Å². The summed E-state index contributed by atoms with van der Waals surface area (Å²) in [6, 6.07) is 8.24. The van der Waals surface area contributed by atoms with Crippen molar-refractivity contribution in [2.75, 3.05) is 38.2 Å². The van der Waals surface area contributed by atoms with Crippen molar-refractivity contribution in [1.82, 2.24) is 4.31 Å².